The molecule has 0 aromatic heterocycles. The normalized spacial score (nSPS) is 22.1. The maximum absolute atomic E-state index is 12.8. The molecule has 1 heterocycles. The lowest BCUT2D eigenvalue weighted by Crippen LogP contribution is -2.56. The summed E-state index contributed by atoms with van der Waals surface area (Å²) >= 11 is 0. The van der Waals surface area contributed by atoms with Crippen LogP contribution in [0.2, 0.25) is 0 Å². The number of benzene rings is 1. The number of alkyl halides is 3. The van der Waals surface area contributed by atoms with Crippen molar-refractivity contribution in [3.05, 3.63) is 35.9 Å². The molecule has 132 valence electrons. The summed E-state index contributed by atoms with van der Waals surface area (Å²) < 4.78 is 38.5. The molecule has 1 aliphatic heterocycles. The second kappa shape index (κ2) is 6.27. The second-order valence-electron chi connectivity index (χ2n) is 6.69. The Kier molecular flexibility index (Phi) is 4.46. The summed E-state index contributed by atoms with van der Waals surface area (Å²) in [4.78, 5) is 13.8. The van der Waals surface area contributed by atoms with Crippen molar-refractivity contribution in [1.82, 2.24) is 10.2 Å². The Morgan fingerprint density at radius 3 is 2.29 bits per heavy atom. The van der Waals surface area contributed by atoms with Gasteiger partial charge in [0.15, 0.2) is 5.60 Å². The highest BCUT2D eigenvalue weighted by Crippen LogP contribution is 2.41. The Morgan fingerprint density at radius 1 is 1.21 bits per heavy atom. The topological polar surface area (TPSA) is 52.6 Å². The lowest BCUT2D eigenvalue weighted by Gasteiger charge is -2.39. The number of piperidine rings is 1. The van der Waals surface area contributed by atoms with Gasteiger partial charge in [0.2, 0.25) is 0 Å². The van der Waals surface area contributed by atoms with Gasteiger partial charge < -0.3 is 15.3 Å². The minimum Gasteiger partial charge on any atom is -0.380 e. The van der Waals surface area contributed by atoms with E-state index in [1.807, 2.05) is 30.3 Å². The first-order chi connectivity index (χ1) is 11.3. The number of urea groups is 1. The molecule has 2 aliphatic rings. The Labute approximate surface area is 138 Å². The standard InChI is InChI=1S/C17H21F3N2O2/c18-17(19,20)16(24)8-10-22(11-9-16)15(23)21-14(13-6-7-13)12-4-2-1-3-5-12/h1-5,13-14,24H,6-11H2,(H,21,23). The zero-order chi connectivity index (χ0) is 17.4. The van der Waals surface area contributed by atoms with Gasteiger partial charge in [-0.2, -0.15) is 13.2 Å². The van der Waals surface area contributed by atoms with E-state index in [4.69, 9.17) is 0 Å². The van der Waals surface area contributed by atoms with Crippen LogP contribution in [0.4, 0.5) is 18.0 Å². The number of amides is 2. The van der Waals surface area contributed by atoms with Crippen molar-refractivity contribution in [1.29, 1.82) is 0 Å². The molecular formula is C17H21F3N2O2. The lowest BCUT2D eigenvalue weighted by molar-refractivity contribution is -0.271. The van der Waals surface area contributed by atoms with Gasteiger partial charge in [0.1, 0.15) is 0 Å². The van der Waals surface area contributed by atoms with Gasteiger partial charge in [0.25, 0.3) is 0 Å². The highest BCUT2D eigenvalue weighted by molar-refractivity contribution is 5.75. The third-order valence-electron chi connectivity index (χ3n) is 4.94. The molecule has 1 aromatic carbocycles. The van der Waals surface area contributed by atoms with Crippen molar-refractivity contribution >= 4 is 6.03 Å². The summed E-state index contributed by atoms with van der Waals surface area (Å²) in [6.45, 7) is -0.206. The van der Waals surface area contributed by atoms with Gasteiger partial charge in [0, 0.05) is 25.9 Å². The molecule has 1 saturated carbocycles. The summed E-state index contributed by atoms with van der Waals surface area (Å²) in [5.74, 6) is 0.383. The zero-order valence-corrected chi connectivity index (χ0v) is 13.2. The predicted octanol–water partition coefficient (Wildman–Crippen LogP) is 3.24. The van der Waals surface area contributed by atoms with E-state index < -0.39 is 24.6 Å². The van der Waals surface area contributed by atoms with E-state index in [1.165, 1.54) is 4.90 Å². The molecule has 2 fully saturated rings. The fourth-order valence-corrected chi connectivity index (χ4v) is 3.15. The largest absolute Gasteiger partial charge is 0.417 e. The van der Waals surface area contributed by atoms with Crippen LogP contribution in [0.5, 0.6) is 0 Å². The monoisotopic (exact) mass is 342 g/mol. The molecular weight excluding hydrogens is 321 g/mol. The third kappa shape index (κ3) is 3.50. The Hall–Kier alpha value is -1.76. The number of halogens is 3. The molecule has 7 heteroatoms. The van der Waals surface area contributed by atoms with Crippen LogP contribution in [0.25, 0.3) is 0 Å². The number of rotatable bonds is 3. The van der Waals surface area contributed by atoms with E-state index in [1.54, 1.807) is 0 Å². The summed E-state index contributed by atoms with van der Waals surface area (Å²) in [7, 11) is 0. The molecule has 24 heavy (non-hydrogen) atoms. The van der Waals surface area contributed by atoms with Gasteiger partial charge in [-0.25, -0.2) is 4.79 Å². The van der Waals surface area contributed by atoms with Crippen LogP contribution < -0.4 is 5.32 Å². The fourth-order valence-electron chi connectivity index (χ4n) is 3.15. The molecule has 4 nitrogen and oxygen atoms in total. The number of nitrogens with one attached hydrogen (secondary N) is 1. The quantitative estimate of drug-likeness (QED) is 0.886. The number of nitrogens with zero attached hydrogens (tertiary/aromatic N) is 1. The van der Waals surface area contributed by atoms with Gasteiger partial charge in [-0.3, -0.25) is 0 Å². The van der Waals surface area contributed by atoms with E-state index in [0.717, 1.165) is 18.4 Å². The van der Waals surface area contributed by atoms with Crippen LogP contribution in [-0.4, -0.2) is 40.9 Å². The molecule has 0 radical (unpaired) electrons. The SMILES string of the molecule is O=C(NC(c1ccccc1)C1CC1)N1CCC(O)(C(F)(F)F)CC1. The minimum absolute atomic E-state index is 0.103. The number of hydrogen-bond donors (Lipinski definition) is 2. The Morgan fingerprint density at radius 2 is 1.79 bits per heavy atom. The van der Waals surface area contributed by atoms with Crippen LogP contribution in [0.1, 0.15) is 37.3 Å². The van der Waals surface area contributed by atoms with Gasteiger partial charge in [-0.1, -0.05) is 30.3 Å². The molecule has 1 unspecified atom stereocenters. The summed E-state index contributed by atoms with van der Waals surface area (Å²) in [6.07, 6.45) is -3.55. The molecule has 2 amide bonds. The van der Waals surface area contributed by atoms with Crippen LogP contribution in [0.15, 0.2) is 30.3 Å². The van der Waals surface area contributed by atoms with E-state index in [9.17, 15) is 23.1 Å². The number of hydrogen-bond acceptors (Lipinski definition) is 2. The smallest absolute Gasteiger partial charge is 0.380 e. The summed E-state index contributed by atoms with van der Waals surface area (Å²) in [5.41, 5.74) is -1.67. The molecule has 3 rings (SSSR count). The molecule has 0 bridgehead atoms. The molecule has 2 N–H and O–H groups in total. The maximum atomic E-state index is 12.8. The van der Waals surface area contributed by atoms with E-state index in [0.29, 0.717) is 5.92 Å². The highest BCUT2D eigenvalue weighted by atomic mass is 19.4. The first-order valence-electron chi connectivity index (χ1n) is 8.20. The number of carbonyl (C=O) groups is 1. The van der Waals surface area contributed by atoms with Gasteiger partial charge in [-0.05, 0) is 24.3 Å². The van der Waals surface area contributed by atoms with E-state index in [2.05, 4.69) is 5.32 Å². The molecule has 1 aromatic rings. The minimum atomic E-state index is -4.66. The Bertz CT molecular complexity index is 579. The first-order valence-corrected chi connectivity index (χ1v) is 8.20. The molecule has 0 spiro atoms. The third-order valence-corrected chi connectivity index (χ3v) is 4.94. The van der Waals surface area contributed by atoms with Crippen LogP contribution in [0, 0.1) is 5.92 Å². The Balaban J connectivity index is 1.61. The number of aliphatic hydroxyl groups is 1. The van der Waals surface area contributed by atoms with Crippen molar-refractivity contribution in [3.8, 4) is 0 Å². The van der Waals surface area contributed by atoms with E-state index >= 15 is 0 Å². The lowest BCUT2D eigenvalue weighted by atomic mass is 9.91. The number of carbonyl (C=O) groups excluding carboxylic acids is 1. The zero-order valence-electron chi connectivity index (χ0n) is 13.2. The molecule has 1 aliphatic carbocycles. The average Bonchev–Trinajstić information content (AvgIpc) is 3.37. The van der Waals surface area contributed by atoms with Gasteiger partial charge in [0.05, 0.1) is 6.04 Å². The first kappa shape index (κ1) is 17.1. The molecule has 1 atom stereocenters. The molecule has 1 saturated heterocycles. The summed E-state index contributed by atoms with van der Waals surface area (Å²) in [6, 6.07) is 9.13. The number of likely N-dealkylation sites (tertiary alicyclic amines) is 1. The van der Waals surface area contributed by atoms with Crippen molar-refractivity contribution in [2.75, 3.05) is 13.1 Å². The van der Waals surface area contributed by atoms with Crippen molar-refractivity contribution in [2.24, 2.45) is 5.92 Å². The van der Waals surface area contributed by atoms with Crippen molar-refractivity contribution < 1.29 is 23.1 Å². The maximum Gasteiger partial charge on any atom is 0.417 e. The highest BCUT2D eigenvalue weighted by Gasteiger charge is 2.55. The average molecular weight is 342 g/mol. The van der Waals surface area contributed by atoms with Crippen LogP contribution in [-0.2, 0) is 0 Å². The van der Waals surface area contributed by atoms with Gasteiger partial charge in [-0.15, -0.1) is 0 Å². The predicted molar refractivity (Wildman–Crippen MR) is 82.3 cm³/mol. The van der Waals surface area contributed by atoms with E-state index in [-0.39, 0.29) is 25.2 Å². The summed E-state index contributed by atoms with van der Waals surface area (Å²) in [5, 5.41) is 12.6. The second-order valence-corrected chi connectivity index (χ2v) is 6.69. The van der Waals surface area contributed by atoms with Crippen LogP contribution in [0.3, 0.4) is 0 Å². The van der Waals surface area contributed by atoms with Gasteiger partial charge >= 0.3 is 12.2 Å². The van der Waals surface area contributed by atoms with Crippen LogP contribution >= 0.6 is 0 Å². The van der Waals surface area contributed by atoms with Crippen molar-refractivity contribution in [2.45, 2.75) is 43.5 Å². The van der Waals surface area contributed by atoms with Crippen molar-refractivity contribution in [3.63, 3.8) is 0 Å². The fraction of sp³-hybridized carbons (Fsp3) is 0.588.